The van der Waals surface area contributed by atoms with E-state index in [0.29, 0.717) is 41.0 Å². The Bertz CT molecular complexity index is 1560. The van der Waals surface area contributed by atoms with E-state index in [2.05, 4.69) is 22.2 Å². The van der Waals surface area contributed by atoms with Crippen molar-refractivity contribution in [3.63, 3.8) is 0 Å². The van der Waals surface area contributed by atoms with Gasteiger partial charge in [-0.15, -0.1) is 11.3 Å². The van der Waals surface area contributed by atoms with Gasteiger partial charge in [0.05, 0.1) is 45.8 Å². The van der Waals surface area contributed by atoms with Crippen molar-refractivity contribution in [1.82, 2.24) is 19.6 Å². The maximum atomic E-state index is 13.6. The maximum Gasteiger partial charge on any atom is 0.261 e. The molecule has 2 aliphatic heterocycles. The molecule has 7 rings (SSSR count). The van der Waals surface area contributed by atoms with Crippen molar-refractivity contribution in [1.29, 1.82) is 0 Å². The number of carbonyl (C=O) groups excluding carboxylic acids is 1. The molecule has 1 amide bonds. The lowest BCUT2D eigenvalue weighted by Crippen LogP contribution is -2.37. The zero-order chi connectivity index (χ0) is 26.9. The second-order valence-electron chi connectivity index (χ2n) is 12.0. The number of anilines is 2. The molecule has 1 aromatic carbocycles. The first-order valence-corrected chi connectivity index (χ1v) is 14.8. The van der Waals surface area contributed by atoms with Crippen molar-refractivity contribution in [2.24, 2.45) is 5.92 Å². The van der Waals surface area contributed by atoms with Crippen LogP contribution in [0.2, 0.25) is 0 Å². The number of carbonyl (C=O) groups is 1. The van der Waals surface area contributed by atoms with E-state index in [1.54, 1.807) is 35.9 Å². The van der Waals surface area contributed by atoms with Gasteiger partial charge in [-0.05, 0) is 57.2 Å². The summed E-state index contributed by atoms with van der Waals surface area (Å²) < 4.78 is 8.38. The molecule has 1 saturated carbocycles. The zero-order valence-electron chi connectivity index (χ0n) is 22.6. The Morgan fingerprint density at radius 2 is 2.03 bits per heavy atom. The third-order valence-corrected chi connectivity index (χ3v) is 9.79. The van der Waals surface area contributed by atoms with Crippen LogP contribution >= 0.6 is 11.3 Å². The maximum absolute atomic E-state index is 13.6. The van der Waals surface area contributed by atoms with Crippen molar-refractivity contribution < 1.29 is 14.6 Å². The van der Waals surface area contributed by atoms with Crippen LogP contribution in [-0.4, -0.2) is 55.9 Å². The highest BCUT2D eigenvalue weighted by Crippen LogP contribution is 2.41. The minimum atomic E-state index is -1.16. The number of benzene rings is 1. The Kier molecular flexibility index (Phi) is 5.91. The average Bonchev–Trinajstić information content (AvgIpc) is 3.70. The molecule has 204 valence electrons. The molecule has 4 aromatic rings. The molecule has 2 bridgehead atoms. The molecule has 3 aliphatic rings. The van der Waals surface area contributed by atoms with E-state index in [4.69, 9.17) is 14.7 Å². The standard InChI is InChI=1S/C29H34N6O3S/c1-16-4-6-17(7-5-16)28-32-23-11-21(29(2,3)37)22(12-24(23)39-28)31-27(36)20-13-30-35-9-8-25(33-26(20)35)34-14-19-10-18(34)15-38-19/h8-9,11-13,16-19,37H,4-7,10,14-15H2,1-3H3,(H,31,36)/t16-,17-,18-,19-/m1/s1. The van der Waals surface area contributed by atoms with Gasteiger partial charge in [0, 0.05) is 29.9 Å². The van der Waals surface area contributed by atoms with Crippen LogP contribution in [0, 0.1) is 5.92 Å². The minimum Gasteiger partial charge on any atom is -0.386 e. The summed E-state index contributed by atoms with van der Waals surface area (Å²) in [5.41, 5.74) is 1.82. The highest BCUT2D eigenvalue weighted by Gasteiger charge is 2.39. The molecule has 10 heteroatoms. The smallest absolute Gasteiger partial charge is 0.261 e. The van der Waals surface area contributed by atoms with Crippen LogP contribution in [0.15, 0.2) is 30.6 Å². The Morgan fingerprint density at radius 3 is 2.74 bits per heavy atom. The third kappa shape index (κ3) is 4.48. The predicted octanol–water partition coefficient (Wildman–Crippen LogP) is 5.09. The largest absolute Gasteiger partial charge is 0.386 e. The van der Waals surface area contributed by atoms with Gasteiger partial charge in [-0.25, -0.2) is 14.5 Å². The lowest BCUT2D eigenvalue weighted by molar-refractivity contribution is 0.0794. The van der Waals surface area contributed by atoms with E-state index in [9.17, 15) is 9.90 Å². The minimum absolute atomic E-state index is 0.254. The first-order valence-electron chi connectivity index (χ1n) is 13.9. The zero-order valence-corrected chi connectivity index (χ0v) is 23.4. The normalized spacial score (nSPS) is 25.2. The van der Waals surface area contributed by atoms with Crippen LogP contribution in [0.1, 0.15) is 79.7 Å². The molecule has 39 heavy (non-hydrogen) atoms. The number of hydrogen-bond acceptors (Lipinski definition) is 8. The van der Waals surface area contributed by atoms with Crippen molar-refractivity contribution in [2.75, 3.05) is 23.4 Å². The Balaban J connectivity index is 1.20. The molecule has 9 nitrogen and oxygen atoms in total. The number of nitrogens with zero attached hydrogens (tertiary/aromatic N) is 5. The van der Waals surface area contributed by atoms with Crippen LogP contribution in [0.3, 0.4) is 0 Å². The molecule has 0 spiro atoms. The summed E-state index contributed by atoms with van der Waals surface area (Å²) in [6.07, 6.45) is 9.47. The first-order chi connectivity index (χ1) is 18.7. The van der Waals surface area contributed by atoms with Crippen molar-refractivity contribution in [3.05, 3.63) is 46.7 Å². The summed E-state index contributed by atoms with van der Waals surface area (Å²) in [5, 5.41) is 19.6. The Morgan fingerprint density at radius 1 is 1.21 bits per heavy atom. The van der Waals surface area contributed by atoms with Crippen LogP contribution < -0.4 is 10.2 Å². The summed E-state index contributed by atoms with van der Waals surface area (Å²) in [5.74, 6) is 1.79. The van der Waals surface area contributed by atoms with Gasteiger partial charge in [-0.2, -0.15) is 5.10 Å². The van der Waals surface area contributed by atoms with Crippen molar-refractivity contribution >= 4 is 44.6 Å². The van der Waals surface area contributed by atoms with Crippen LogP contribution in [-0.2, 0) is 10.3 Å². The molecule has 0 unspecified atom stereocenters. The van der Waals surface area contributed by atoms with E-state index in [1.165, 1.54) is 25.7 Å². The number of hydrogen-bond donors (Lipinski definition) is 2. The van der Waals surface area contributed by atoms with Crippen molar-refractivity contribution in [2.45, 2.75) is 76.5 Å². The second-order valence-corrected chi connectivity index (χ2v) is 13.1. The van der Waals surface area contributed by atoms with Crippen LogP contribution in [0.4, 0.5) is 11.5 Å². The highest BCUT2D eigenvalue weighted by atomic mass is 32.1. The quantitative estimate of drug-likeness (QED) is 0.359. The number of thiazole rings is 1. The summed E-state index contributed by atoms with van der Waals surface area (Å²) in [4.78, 5) is 25.7. The number of rotatable bonds is 5. The van der Waals surface area contributed by atoms with Gasteiger partial charge in [0.2, 0.25) is 0 Å². The number of aliphatic hydroxyl groups is 1. The Hall–Kier alpha value is -3.08. The SMILES string of the molecule is CC(C)(O)c1cc2nc([C@H]3CC[C@H](C)CC3)sc2cc1NC(=O)c1cnn2ccc(N3C[C@H]4C[C@@H]3CO4)nc12. The first kappa shape index (κ1) is 24.9. The number of morpholine rings is 1. The average molecular weight is 547 g/mol. The molecule has 3 aromatic heterocycles. The lowest BCUT2D eigenvalue weighted by Gasteiger charge is -2.27. The molecule has 2 N–H and O–H groups in total. The summed E-state index contributed by atoms with van der Waals surface area (Å²) in [6, 6.07) is 6.15. The second kappa shape index (κ2) is 9.25. The van der Waals surface area contributed by atoms with Gasteiger partial charge in [0.25, 0.3) is 5.91 Å². The van der Waals surface area contributed by atoms with Gasteiger partial charge in [-0.1, -0.05) is 19.8 Å². The molecular weight excluding hydrogens is 512 g/mol. The van der Waals surface area contributed by atoms with E-state index >= 15 is 0 Å². The van der Waals surface area contributed by atoms with Gasteiger partial charge < -0.3 is 20.1 Å². The highest BCUT2D eigenvalue weighted by molar-refractivity contribution is 7.18. The fourth-order valence-corrected chi connectivity index (χ4v) is 7.49. The number of amides is 1. The summed E-state index contributed by atoms with van der Waals surface area (Å²) in [6.45, 7) is 7.32. The lowest BCUT2D eigenvalue weighted by atomic mass is 9.83. The van der Waals surface area contributed by atoms with E-state index in [-0.39, 0.29) is 12.0 Å². The number of nitrogens with one attached hydrogen (secondary N) is 1. The third-order valence-electron chi connectivity index (χ3n) is 8.61. The summed E-state index contributed by atoms with van der Waals surface area (Å²) >= 11 is 1.70. The van der Waals surface area contributed by atoms with Gasteiger partial charge >= 0.3 is 0 Å². The molecular formula is C29H34N6O3S. The van der Waals surface area contributed by atoms with E-state index in [0.717, 1.165) is 39.9 Å². The molecule has 3 fully saturated rings. The van der Waals surface area contributed by atoms with Crippen LogP contribution in [0.5, 0.6) is 0 Å². The molecule has 2 saturated heterocycles. The van der Waals surface area contributed by atoms with E-state index < -0.39 is 5.60 Å². The number of ether oxygens (including phenoxy) is 1. The van der Waals surface area contributed by atoms with Gasteiger partial charge in [-0.3, -0.25) is 4.79 Å². The van der Waals surface area contributed by atoms with Crippen molar-refractivity contribution in [3.8, 4) is 0 Å². The fraction of sp³-hybridized carbons (Fsp3) is 0.517. The molecule has 5 heterocycles. The van der Waals surface area contributed by atoms with E-state index in [1.807, 2.05) is 24.4 Å². The Labute approximate surface area is 231 Å². The molecule has 1 aliphatic carbocycles. The predicted molar refractivity (Wildman–Crippen MR) is 152 cm³/mol. The van der Waals surface area contributed by atoms with Gasteiger partial charge in [0.1, 0.15) is 11.4 Å². The number of fused-ring (bicyclic) bond motifs is 4. The molecule has 2 atom stereocenters. The summed E-state index contributed by atoms with van der Waals surface area (Å²) in [7, 11) is 0. The topological polar surface area (TPSA) is 105 Å². The van der Waals surface area contributed by atoms with Gasteiger partial charge in [0.15, 0.2) is 5.65 Å². The fourth-order valence-electron chi connectivity index (χ4n) is 6.33. The van der Waals surface area contributed by atoms with Crippen LogP contribution in [0.25, 0.3) is 15.9 Å². The molecule has 0 radical (unpaired) electrons. The number of aromatic nitrogens is 4. The monoisotopic (exact) mass is 546 g/mol.